The fourth-order valence-electron chi connectivity index (χ4n) is 2.52. The molecule has 0 radical (unpaired) electrons. The van der Waals surface area contributed by atoms with Crippen LogP contribution >= 0.6 is 31.9 Å². The quantitative estimate of drug-likeness (QED) is 0.803. The molecular weight excluding hydrogens is 374 g/mol. The van der Waals surface area contributed by atoms with Crippen LogP contribution in [0.2, 0.25) is 0 Å². The normalized spacial score (nSPS) is 21.1. The lowest BCUT2D eigenvalue weighted by molar-refractivity contribution is 0.178. The molecule has 2 rings (SSSR count). The van der Waals surface area contributed by atoms with Crippen molar-refractivity contribution in [3.05, 3.63) is 20.6 Å². The van der Waals surface area contributed by atoms with Crippen LogP contribution in [0.15, 0.2) is 15.0 Å². The summed E-state index contributed by atoms with van der Waals surface area (Å²) in [5, 5.41) is 3.52. The zero-order valence-corrected chi connectivity index (χ0v) is 14.6. The van der Waals surface area contributed by atoms with Gasteiger partial charge in [0.15, 0.2) is 0 Å². The highest BCUT2D eigenvalue weighted by Crippen LogP contribution is 2.50. The number of halogens is 2. The lowest BCUT2D eigenvalue weighted by Crippen LogP contribution is -2.30. The Bertz CT molecular complexity index is 465. The van der Waals surface area contributed by atoms with Gasteiger partial charge in [0.25, 0.3) is 0 Å². The van der Waals surface area contributed by atoms with Gasteiger partial charge in [-0.2, -0.15) is 0 Å². The number of hydrogen-bond acceptors (Lipinski definition) is 3. The average molecular weight is 393 g/mol. The van der Waals surface area contributed by atoms with Crippen LogP contribution in [-0.2, 0) is 0 Å². The van der Waals surface area contributed by atoms with Gasteiger partial charge in [0.05, 0.1) is 22.1 Å². The minimum atomic E-state index is 0.180. The smallest absolute Gasteiger partial charge is 0.140 e. The number of benzene rings is 1. The van der Waals surface area contributed by atoms with Crippen molar-refractivity contribution in [1.29, 1.82) is 0 Å². The number of nitrogens with one attached hydrogen (secondary N) is 1. The Morgan fingerprint density at radius 3 is 2.68 bits per heavy atom. The third-order valence-corrected chi connectivity index (χ3v) is 4.75. The second-order valence-corrected chi connectivity index (χ2v) is 6.25. The van der Waals surface area contributed by atoms with E-state index in [1.165, 1.54) is 0 Å². The molecule has 2 unspecified atom stereocenters. The predicted molar refractivity (Wildman–Crippen MR) is 84.1 cm³/mol. The maximum atomic E-state index is 6.13. The number of fused-ring (bicyclic) bond motifs is 1. The zero-order valence-electron chi connectivity index (χ0n) is 11.4. The van der Waals surface area contributed by atoms with E-state index in [-0.39, 0.29) is 12.1 Å². The van der Waals surface area contributed by atoms with Crippen LogP contribution in [0, 0.1) is 0 Å². The van der Waals surface area contributed by atoms with Gasteiger partial charge in [0.1, 0.15) is 17.6 Å². The third-order valence-electron chi connectivity index (χ3n) is 3.34. The number of likely N-dealkylation sites (N-methyl/N-ethyl adjacent to an activating group) is 1. The summed E-state index contributed by atoms with van der Waals surface area (Å²) in [5.74, 6) is 1.76. The van der Waals surface area contributed by atoms with Gasteiger partial charge in [0, 0.05) is 5.56 Å². The molecule has 1 aliphatic heterocycles. The fourth-order valence-corrected chi connectivity index (χ4v) is 3.74. The van der Waals surface area contributed by atoms with Gasteiger partial charge in [-0.15, -0.1) is 0 Å². The van der Waals surface area contributed by atoms with Crippen molar-refractivity contribution in [2.24, 2.45) is 0 Å². The molecule has 0 bridgehead atoms. The van der Waals surface area contributed by atoms with E-state index in [2.05, 4.69) is 51.0 Å². The first-order valence-electron chi connectivity index (χ1n) is 6.59. The van der Waals surface area contributed by atoms with E-state index < -0.39 is 0 Å². The second-order valence-electron chi connectivity index (χ2n) is 4.60. The summed E-state index contributed by atoms with van der Waals surface area (Å²) in [4.78, 5) is 0. The molecule has 106 valence electrons. The molecule has 0 aromatic heterocycles. The summed E-state index contributed by atoms with van der Waals surface area (Å²) < 4.78 is 13.5. The number of ether oxygens (including phenoxy) is 2. The van der Waals surface area contributed by atoms with Crippen LogP contribution in [0.5, 0.6) is 11.5 Å². The highest BCUT2D eigenvalue weighted by atomic mass is 79.9. The lowest BCUT2D eigenvalue weighted by atomic mass is 10.0. The third kappa shape index (κ3) is 2.78. The van der Waals surface area contributed by atoms with Gasteiger partial charge in [-0.05, 0) is 50.9 Å². The van der Waals surface area contributed by atoms with Gasteiger partial charge in [-0.1, -0.05) is 20.3 Å². The Balaban J connectivity index is 2.48. The number of methoxy groups -OCH3 is 1. The van der Waals surface area contributed by atoms with Gasteiger partial charge < -0.3 is 14.8 Å². The van der Waals surface area contributed by atoms with Crippen molar-refractivity contribution >= 4 is 31.9 Å². The molecule has 0 aliphatic carbocycles. The lowest BCUT2D eigenvalue weighted by Gasteiger charge is -2.19. The Labute approximate surface area is 131 Å². The molecule has 0 fully saturated rings. The molecular formula is C14H19Br2NO2. The van der Waals surface area contributed by atoms with Crippen LogP contribution in [0.25, 0.3) is 0 Å². The summed E-state index contributed by atoms with van der Waals surface area (Å²) in [6.45, 7) is 5.21. The molecule has 2 atom stereocenters. The minimum Gasteiger partial charge on any atom is -0.496 e. The van der Waals surface area contributed by atoms with Gasteiger partial charge >= 0.3 is 0 Å². The molecule has 5 heteroatoms. The van der Waals surface area contributed by atoms with Crippen molar-refractivity contribution in [2.75, 3.05) is 13.7 Å². The average Bonchev–Trinajstić information content (AvgIpc) is 2.75. The maximum Gasteiger partial charge on any atom is 0.140 e. The molecule has 1 aromatic rings. The topological polar surface area (TPSA) is 30.5 Å². The minimum absolute atomic E-state index is 0.180. The molecule has 0 saturated heterocycles. The Hall–Kier alpha value is -0.260. The molecule has 0 saturated carbocycles. The molecule has 0 amide bonds. The van der Waals surface area contributed by atoms with E-state index in [0.717, 1.165) is 45.4 Å². The largest absolute Gasteiger partial charge is 0.496 e. The number of hydrogen-bond donors (Lipinski definition) is 1. The first-order valence-corrected chi connectivity index (χ1v) is 8.18. The fraction of sp³-hybridized carbons (Fsp3) is 0.571. The molecule has 1 aliphatic rings. The summed E-state index contributed by atoms with van der Waals surface area (Å²) in [6, 6.07) is 2.15. The van der Waals surface area contributed by atoms with E-state index in [0.29, 0.717) is 0 Å². The predicted octanol–water partition coefficient (Wildman–Crippen LogP) is 4.43. The van der Waals surface area contributed by atoms with E-state index in [4.69, 9.17) is 9.47 Å². The molecule has 1 aromatic carbocycles. The Morgan fingerprint density at radius 1 is 1.37 bits per heavy atom. The van der Waals surface area contributed by atoms with Crippen LogP contribution in [-0.4, -0.2) is 19.8 Å². The highest BCUT2D eigenvalue weighted by molar-refractivity contribution is 9.11. The Kier molecular flexibility index (Phi) is 5.15. The molecule has 1 N–H and O–H groups in total. The van der Waals surface area contributed by atoms with Crippen LogP contribution < -0.4 is 14.8 Å². The Morgan fingerprint density at radius 2 is 2.11 bits per heavy atom. The zero-order chi connectivity index (χ0) is 14.0. The van der Waals surface area contributed by atoms with Gasteiger partial charge in [0.2, 0.25) is 0 Å². The summed E-state index contributed by atoms with van der Waals surface area (Å²) in [5.41, 5.74) is 1.16. The van der Waals surface area contributed by atoms with E-state index >= 15 is 0 Å². The summed E-state index contributed by atoms with van der Waals surface area (Å²) in [6.07, 6.45) is 2.32. The van der Waals surface area contributed by atoms with E-state index in [9.17, 15) is 0 Å². The van der Waals surface area contributed by atoms with E-state index in [1.807, 2.05) is 6.07 Å². The first-order chi connectivity index (χ1) is 9.13. The molecule has 1 heterocycles. The van der Waals surface area contributed by atoms with Crippen molar-refractivity contribution in [3.8, 4) is 11.5 Å². The van der Waals surface area contributed by atoms with Gasteiger partial charge in [-0.3, -0.25) is 0 Å². The molecule has 3 nitrogen and oxygen atoms in total. The van der Waals surface area contributed by atoms with Crippen LogP contribution in [0.1, 0.15) is 38.3 Å². The second kappa shape index (κ2) is 6.46. The highest BCUT2D eigenvalue weighted by Gasteiger charge is 2.37. The summed E-state index contributed by atoms with van der Waals surface area (Å²) in [7, 11) is 1.68. The van der Waals surface area contributed by atoms with E-state index in [1.54, 1.807) is 7.11 Å². The standard InChI is InChI=1S/C14H19Br2NO2/c1-4-6-9-13(17-5-2)11-12(16)10(18-3)7-8(15)14(11)19-9/h7,9,13,17H,4-6H2,1-3H3. The molecule has 0 spiro atoms. The van der Waals surface area contributed by atoms with Crippen LogP contribution in [0.4, 0.5) is 0 Å². The first kappa shape index (κ1) is 15.1. The monoisotopic (exact) mass is 391 g/mol. The van der Waals surface area contributed by atoms with Crippen molar-refractivity contribution in [3.63, 3.8) is 0 Å². The van der Waals surface area contributed by atoms with Crippen LogP contribution in [0.3, 0.4) is 0 Å². The molecule has 19 heavy (non-hydrogen) atoms. The maximum absolute atomic E-state index is 6.13. The van der Waals surface area contributed by atoms with Crippen molar-refractivity contribution in [1.82, 2.24) is 5.32 Å². The van der Waals surface area contributed by atoms with Crippen molar-refractivity contribution < 1.29 is 9.47 Å². The number of rotatable bonds is 5. The summed E-state index contributed by atoms with van der Waals surface area (Å²) >= 11 is 7.23. The van der Waals surface area contributed by atoms with Gasteiger partial charge in [-0.25, -0.2) is 0 Å². The SMILES string of the molecule is CCCC1Oc2c(Br)cc(OC)c(Br)c2C1NCC. The van der Waals surface area contributed by atoms with Crippen molar-refractivity contribution in [2.45, 2.75) is 38.8 Å².